The molecule has 3 aromatic carbocycles. The summed E-state index contributed by atoms with van der Waals surface area (Å²) in [5.41, 5.74) is 2.60. The molecule has 0 spiro atoms. The summed E-state index contributed by atoms with van der Waals surface area (Å²) in [7, 11) is 0. The quantitative estimate of drug-likeness (QED) is 0.184. The van der Waals surface area contributed by atoms with Gasteiger partial charge in [-0.05, 0) is 36.8 Å². The third-order valence-electron chi connectivity index (χ3n) is 5.18. The summed E-state index contributed by atoms with van der Waals surface area (Å²) in [6.07, 6.45) is 1.87. The molecule has 4 rings (SSSR count). The average Bonchev–Trinajstić information content (AvgIpc) is 2.82. The first-order chi connectivity index (χ1) is 16.4. The molecule has 1 heterocycles. The monoisotopic (exact) mass is 520 g/mol. The largest absolute Gasteiger partial charge is 0.488 e. The van der Waals surface area contributed by atoms with Gasteiger partial charge in [-0.2, -0.15) is 9.78 Å². The summed E-state index contributed by atoms with van der Waals surface area (Å²) in [4.78, 5) is 28.5. The molecule has 9 heteroatoms. The van der Waals surface area contributed by atoms with Crippen LogP contribution >= 0.6 is 15.9 Å². The van der Waals surface area contributed by atoms with Gasteiger partial charge in [0.2, 0.25) is 0 Å². The SMILES string of the molecule is CCc1nc2ccc(Br)cc2c(=O)n1N=Cc1cc([N+](=O)[O-])ccc1OCc1cccc(C)c1. The van der Waals surface area contributed by atoms with Gasteiger partial charge in [0.05, 0.1) is 22.0 Å². The molecule has 0 unspecified atom stereocenters. The van der Waals surface area contributed by atoms with Crippen LogP contribution in [0.5, 0.6) is 5.75 Å². The lowest BCUT2D eigenvalue weighted by Crippen LogP contribution is -2.22. The number of hydrogen-bond acceptors (Lipinski definition) is 6. The van der Waals surface area contributed by atoms with Gasteiger partial charge in [-0.3, -0.25) is 14.9 Å². The maximum absolute atomic E-state index is 13.1. The summed E-state index contributed by atoms with van der Waals surface area (Å²) >= 11 is 3.38. The van der Waals surface area contributed by atoms with E-state index in [9.17, 15) is 14.9 Å². The highest BCUT2D eigenvalue weighted by molar-refractivity contribution is 9.10. The minimum absolute atomic E-state index is 0.104. The topological polar surface area (TPSA) is 99.6 Å². The lowest BCUT2D eigenvalue weighted by molar-refractivity contribution is -0.384. The number of nitro benzene ring substituents is 1. The fourth-order valence-corrected chi connectivity index (χ4v) is 3.87. The van der Waals surface area contributed by atoms with E-state index in [0.29, 0.717) is 34.5 Å². The Labute approximate surface area is 203 Å². The van der Waals surface area contributed by atoms with E-state index in [1.807, 2.05) is 44.2 Å². The van der Waals surface area contributed by atoms with Crippen molar-refractivity contribution in [3.05, 3.63) is 108 Å². The number of fused-ring (bicyclic) bond motifs is 1. The second-order valence-corrected chi connectivity index (χ2v) is 8.58. The van der Waals surface area contributed by atoms with Crippen molar-refractivity contribution >= 4 is 38.7 Å². The molecule has 0 bridgehead atoms. The molecule has 0 aliphatic carbocycles. The van der Waals surface area contributed by atoms with Crippen LogP contribution in [-0.2, 0) is 13.0 Å². The highest BCUT2D eigenvalue weighted by Crippen LogP contribution is 2.24. The first kappa shape index (κ1) is 23.3. The van der Waals surface area contributed by atoms with Gasteiger partial charge in [0, 0.05) is 28.6 Å². The smallest absolute Gasteiger partial charge is 0.282 e. The summed E-state index contributed by atoms with van der Waals surface area (Å²) < 4.78 is 7.93. The number of aromatic nitrogens is 2. The molecule has 34 heavy (non-hydrogen) atoms. The van der Waals surface area contributed by atoms with E-state index < -0.39 is 4.92 Å². The Bertz CT molecular complexity index is 1480. The van der Waals surface area contributed by atoms with Crippen molar-refractivity contribution in [1.82, 2.24) is 9.66 Å². The summed E-state index contributed by atoms with van der Waals surface area (Å²) in [5, 5.41) is 16.1. The third kappa shape index (κ3) is 5.04. The predicted molar refractivity (Wildman–Crippen MR) is 135 cm³/mol. The van der Waals surface area contributed by atoms with Crippen LogP contribution in [0, 0.1) is 17.0 Å². The molecule has 0 N–H and O–H groups in total. The van der Waals surface area contributed by atoms with Gasteiger partial charge in [-0.25, -0.2) is 4.98 Å². The van der Waals surface area contributed by atoms with E-state index >= 15 is 0 Å². The lowest BCUT2D eigenvalue weighted by Gasteiger charge is -2.11. The Kier molecular flexibility index (Phi) is 6.83. The summed E-state index contributed by atoms with van der Waals surface area (Å²) in [5.74, 6) is 0.891. The first-order valence-electron chi connectivity index (χ1n) is 10.6. The molecule has 0 radical (unpaired) electrons. The zero-order valence-corrected chi connectivity index (χ0v) is 20.2. The number of aryl methyl sites for hydroxylation is 2. The van der Waals surface area contributed by atoms with E-state index in [1.165, 1.54) is 29.1 Å². The number of nitrogens with zero attached hydrogens (tertiary/aromatic N) is 4. The Hall–Kier alpha value is -3.85. The van der Waals surface area contributed by atoms with Gasteiger partial charge >= 0.3 is 0 Å². The number of halogens is 1. The molecule has 0 aliphatic heterocycles. The fourth-order valence-electron chi connectivity index (χ4n) is 3.51. The minimum Gasteiger partial charge on any atom is -0.488 e. The van der Waals surface area contributed by atoms with Crippen LogP contribution in [-0.4, -0.2) is 20.8 Å². The maximum atomic E-state index is 13.1. The Morgan fingerprint density at radius 1 is 1.18 bits per heavy atom. The van der Waals surface area contributed by atoms with Crippen LogP contribution < -0.4 is 10.3 Å². The molecule has 0 saturated heterocycles. The Morgan fingerprint density at radius 3 is 2.74 bits per heavy atom. The van der Waals surface area contributed by atoms with Crippen molar-refractivity contribution in [2.75, 3.05) is 0 Å². The molecular weight excluding hydrogens is 500 g/mol. The van der Waals surface area contributed by atoms with Crippen LogP contribution in [0.4, 0.5) is 5.69 Å². The van der Waals surface area contributed by atoms with Gasteiger partial charge in [-0.1, -0.05) is 52.7 Å². The van der Waals surface area contributed by atoms with E-state index in [4.69, 9.17) is 4.74 Å². The van der Waals surface area contributed by atoms with Crippen LogP contribution in [0.15, 0.2) is 75.0 Å². The van der Waals surface area contributed by atoms with Crippen LogP contribution in [0.25, 0.3) is 10.9 Å². The highest BCUT2D eigenvalue weighted by Gasteiger charge is 2.13. The number of non-ortho nitro benzene ring substituents is 1. The molecule has 0 amide bonds. The van der Waals surface area contributed by atoms with Gasteiger partial charge in [0.25, 0.3) is 11.2 Å². The third-order valence-corrected chi connectivity index (χ3v) is 5.68. The summed E-state index contributed by atoms with van der Waals surface area (Å²) in [6, 6.07) is 17.5. The van der Waals surface area contributed by atoms with E-state index in [2.05, 4.69) is 26.0 Å². The van der Waals surface area contributed by atoms with E-state index in [-0.39, 0.29) is 17.9 Å². The second kappa shape index (κ2) is 9.96. The molecule has 172 valence electrons. The van der Waals surface area contributed by atoms with Crippen LogP contribution in [0.2, 0.25) is 0 Å². The average molecular weight is 521 g/mol. The number of nitro groups is 1. The van der Waals surface area contributed by atoms with Crippen molar-refractivity contribution in [2.45, 2.75) is 26.9 Å². The lowest BCUT2D eigenvalue weighted by atomic mass is 10.1. The van der Waals surface area contributed by atoms with Crippen molar-refractivity contribution in [1.29, 1.82) is 0 Å². The molecule has 0 atom stereocenters. The van der Waals surface area contributed by atoms with Gasteiger partial charge in [0.1, 0.15) is 18.2 Å². The Morgan fingerprint density at radius 2 is 2.00 bits per heavy atom. The normalized spacial score (nSPS) is 11.3. The zero-order valence-electron chi connectivity index (χ0n) is 18.6. The molecule has 0 saturated carbocycles. The maximum Gasteiger partial charge on any atom is 0.282 e. The number of hydrogen-bond donors (Lipinski definition) is 0. The van der Waals surface area contributed by atoms with Gasteiger partial charge < -0.3 is 4.74 Å². The fraction of sp³-hybridized carbons (Fsp3) is 0.160. The van der Waals surface area contributed by atoms with Crippen molar-refractivity contribution in [3.8, 4) is 5.75 Å². The molecule has 4 aromatic rings. The zero-order chi connectivity index (χ0) is 24.2. The molecule has 8 nitrogen and oxygen atoms in total. The first-order valence-corrected chi connectivity index (χ1v) is 11.4. The second-order valence-electron chi connectivity index (χ2n) is 7.66. The number of benzene rings is 3. The number of ether oxygens (including phenoxy) is 1. The molecule has 1 aromatic heterocycles. The molecular formula is C25H21BrN4O4. The standard InChI is InChI=1S/C25H21BrN4O4/c1-3-24-28-22-9-7-19(26)13-21(22)25(31)29(24)27-14-18-12-20(30(32)33)8-10-23(18)34-15-17-6-4-5-16(2)11-17/h4-14H,3,15H2,1-2H3. The van der Waals surface area contributed by atoms with Gasteiger partial charge in [0.15, 0.2) is 0 Å². The van der Waals surface area contributed by atoms with Crippen LogP contribution in [0.1, 0.15) is 29.4 Å². The predicted octanol–water partition coefficient (Wildman–Crippen LogP) is 5.40. The van der Waals surface area contributed by atoms with Crippen molar-refractivity contribution < 1.29 is 9.66 Å². The van der Waals surface area contributed by atoms with Gasteiger partial charge in [-0.15, -0.1) is 0 Å². The molecule has 0 fully saturated rings. The molecule has 0 aliphatic rings. The van der Waals surface area contributed by atoms with Crippen molar-refractivity contribution in [2.24, 2.45) is 5.10 Å². The number of rotatable bonds is 7. The van der Waals surface area contributed by atoms with E-state index in [0.717, 1.165) is 15.6 Å². The van der Waals surface area contributed by atoms with Crippen LogP contribution in [0.3, 0.4) is 0 Å². The Balaban J connectivity index is 1.75. The highest BCUT2D eigenvalue weighted by atomic mass is 79.9. The van der Waals surface area contributed by atoms with Crippen molar-refractivity contribution in [3.63, 3.8) is 0 Å². The minimum atomic E-state index is -0.486. The van der Waals surface area contributed by atoms with E-state index in [1.54, 1.807) is 12.1 Å². The summed E-state index contributed by atoms with van der Waals surface area (Å²) in [6.45, 7) is 4.15.